The summed E-state index contributed by atoms with van der Waals surface area (Å²) >= 11 is 1.80. The molecule has 2 N–H and O–H groups in total. The van der Waals surface area contributed by atoms with Crippen molar-refractivity contribution in [3.63, 3.8) is 0 Å². The van der Waals surface area contributed by atoms with E-state index in [-0.39, 0.29) is 11.8 Å². The van der Waals surface area contributed by atoms with Crippen molar-refractivity contribution < 1.29 is 4.79 Å². The van der Waals surface area contributed by atoms with Crippen molar-refractivity contribution in [3.05, 3.63) is 46.2 Å². The van der Waals surface area contributed by atoms with Crippen LogP contribution in [0.15, 0.2) is 35.7 Å². The number of rotatable bonds is 9. The molecule has 3 aromatic rings. The fourth-order valence-electron chi connectivity index (χ4n) is 4.40. The summed E-state index contributed by atoms with van der Waals surface area (Å²) in [5.41, 5.74) is 3.30. The van der Waals surface area contributed by atoms with Gasteiger partial charge in [0.25, 0.3) is 0 Å². The molecule has 2 aromatic heterocycles. The summed E-state index contributed by atoms with van der Waals surface area (Å²) in [6.07, 6.45) is 2.84. The maximum atomic E-state index is 12.8. The maximum absolute atomic E-state index is 12.8. The van der Waals surface area contributed by atoms with E-state index >= 15 is 0 Å². The third kappa shape index (κ3) is 5.51. The molecule has 0 bridgehead atoms. The van der Waals surface area contributed by atoms with Crippen LogP contribution in [0, 0.1) is 12.8 Å². The number of H-pyrrole nitrogens is 1. The van der Waals surface area contributed by atoms with Crippen LogP contribution in [0.25, 0.3) is 11.0 Å². The molecule has 0 aliphatic carbocycles. The van der Waals surface area contributed by atoms with Gasteiger partial charge in [-0.3, -0.25) is 9.69 Å². The number of amides is 1. The third-order valence-corrected chi connectivity index (χ3v) is 7.50. The lowest BCUT2D eigenvalue weighted by Gasteiger charge is -2.31. The standard InChI is InChI=1S/C25H35N5OS/c1-4-19(3)30(17-21-6-5-15-32-21)14-11-26-24(31)20-9-12-29(13-10-20)25-27-22-8-7-18(2)16-23(22)28-25/h5-8,15-16,19-20H,4,9-14,17H2,1-3H3,(H,26,31)(H,27,28)/t19-/m1/s1. The monoisotopic (exact) mass is 453 g/mol. The number of nitrogens with zero attached hydrogens (tertiary/aromatic N) is 3. The molecule has 1 saturated heterocycles. The molecule has 6 nitrogen and oxygen atoms in total. The molecular formula is C25H35N5OS. The number of aromatic amines is 1. The van der Waals surface area contributed by atoms with Crippen molar-refractivity contribution in [2.45, 2.75) is 52.6 Å². The van der Waals surface area contributed by atoms with Gasteiger partial charge in [-0.05, 0) is 62.3 Å². The highest BCUT2D eigenvalue weighted by molar-refractivity contribution is 7.09. The van der Waals surface area contributed by atoms with Gasteiger partial charge in [0, 0.05) is 49.6 Å². The molecular weight excluding hydrogens is 418 g/mol. The van der Waals surface area contributed by atoms with Crippen molar-refractivity contribution in [3.8, 4) is 0 Å². The number of hydrogen-bond donors (Lipinski definition) is 2. The van der Waals surface area contributed by atoms with Crippen molar-refractivity contribution in [1.82, 2.24) is 20.2 Å². The van der Waals surface area contributed by atoms with Gasteiger partial charge in [0.1, 0.15) is 0 Å². The van der Waals surface area contributed by atoms with E-state index in [0.29, 0.717) is 12.6 Å². The molecule has 0 spiro atoms. The molecule has 0 saturated carbocycles. The molecule has 1 aliphatic heterocycles. The van der Waals surface area contributed by atoms with E-state index in [2.05, 4.69) is 76.6 Å². The number of thiophene rings is 1. The average molecular weight is 454 g/mol. The van der Waals surface area contributed by atoms with Crippen LogP contribution in [0.1, 0.15) is 43.6 Å². The predicted molar refractivity (Wildman–Crippen MR) is 133 cm³/mol. The van der Waals surface area contributed by atoms with Gasteiger partial charge in [-0.25, -0.2) is 4.98 Å². The molecule has 1 fully saturated rings. The second-order valence-corrected chi connectivity index (χ2v) is 9.97. The molecule has 32 heavy (non-hydrogen) atoms. The SMILES string of the molecule is CC[C@@H](C)N(CCNC(=O)C1CCN(c2nc3ccc(C)cc3[nH]2)CC1)Cc1cccs1. The van der Waals surface area contributed by atoms with Crippen LogP contribution in [0.3, 0.4) is 0 Å². The summed E-state index contributed by atoms with van der Waals surface area (Å²) in [6, 6.07) is 11.1. The number of carbonyl (C=O) groups excluding carboxylic acids is 1. The van der Waals surface area contributed by atoms with Gasteiger partial charge in [0.05, 0.1) is 11.0 Å². The lowest BCUT2D eigenvalue weighted by Crippen LogP contribution is -2.44. The minimum atomic E-state index is 0.0900. The largest absolute Gasteiger partial charge is 0.355 e. The van der Waals surface area contributed by atoms with Crippen LogP contribution in [-0.2, 0) is 11.3 Å². The summed E-state index contributed by atoms with van der Waals surface area (Å²) in [5.74, 6) is 1.21. The third-order valence-electron chi connectivity index (χ3n) is 6.64. The molecule has 1 amide bonds. The van der Waals surface area contributed by atoms with Gasteiger partial charge in [0.2, 0.25) is 11.9 Å². The van der Waals surface area contributed by atoms with Gasteiger partial charge >= 0.3 is 0 Å². The summed E-state index contributed by atoms with van der Waals surface area (Å²) in [5, 5.41) is 5.33. The first kappa shape index (κ1) is 22.8. The van der Waals surface area contributed by atoms with Gasteiger partial charge in [-0.1, -0.05) is 19.1 Å². The van der Waals surface area contributed by atoms with E-state index < -0.39 is 0 Å². The minimum Gasteiger partial charge on any atom is -0.355 e. The Hall–Kier alpha value is -2.38. The number of piperidine rings is 1. The number of hydrogen-bond acceptors (Lipinski definition) is 5. The molecule has 1 atom stereocenters. The number of nitrogens with one attached hydrogen (secondary N) is 2. The normalized spacial score (nSPS) is 16.1. The van der Waals surface area contributed by atoms with E-state index in [1.54, 1.807) is 11.3 Å². The Labute approximate surface area is 195 Å². The first-order chi connectivity index (χ1) is 15.5. The zero-order valence-electron chi connectivity index (χ0n) is 19.4. The molecule has 4 rings (SSSR count). The topological polar surface area (TPSA) is 64.3 Å². The highest BCUT2D eigenvalue weighted by Crippen LogP contribution is 2.24. The number of benzene rings is 1. The Kier molecular flexibility index (Phi) is 7.48. The van der Waals surface area contributed by atoms with E-state index in [4.69, 9.17) is 4.98 Å². The number of aromatic nitrogens is 2. The smallest absolute Gasteiger partial charge is 0.223 e. The van der Waals surface area contributed by atoms with E-state index in [1.807, 2.05) is 0 Å². The van der Waals surface area contributed by atoms with Gasteiger partial charge in [-0.15, -0.1) is 11.3 Å². The number of anilines is 1. The number of aryl methyl sites for hydroxylation is 1. The molecule has 1 aliphatic rings. The van der Waals surface area contributed by atoms with Crippen molar-refractivity contribution in [2.75, 3.05) is 31.1 Å². The Balaban J connectivity index is 1.24. The van der Waals surface area contributed by atoms with Crippen LogP contribution in [-0.4, -0.2) is 53.0 Å². The lowest BCUT2D eigenvalue weighted by atomic mass is 9.96. The average Bonchev–Trinajstić information content (AvgIpc) is 3.47. The van der Waals surface area contributed by atoms with Crippen LogP contribution in [0.5, 0.6) is 0 Å². The molecule has 172 valence electrons. The minimum absolute atomic E-state index is 0.0900. The molecule has 0 unspecified atom stereocenters. The fourth-order valence-corrected chi connectivity index (χ4v) is 5.13. The maximum Gasteiger partial charge on any atom is 0.223 e. The predicted octanol–water partition coefficient (Wildman–Crippen LogP) is 4.57. The highest BCUT2D eigenvalue weighted by Gasteiger charge is 2.26. The van der Waals surface area contributed by atoms with Crippen LogP contribution in [0.2, 0.25) is 0 Å². The van der Waals surface area contributed by atoms with Gasteiger partial charge < -0.3 is 15.2 Å². The fraction of sp³-hybridized carbons (Fsp3) is 0.520. The zero-order valence-corrected chi connectivity index (χ0v) is 20.3. The molecule has 1 aromatic carbocycles. The number of imidazole rings is 1. The summed E-state index contributed by atoms with van der Waals surface area (Å²) < 4.78 is 0. The number of carbonyl (C=O) groups is 1. The van der Waals surface area contributed by atoms with Crippen LogP contribution < -0.4 is 10.2 Å². The summed E-state index contributed by atoms with van der Waals surface area (Å²) in [6.45, 7) is 10.8. The zero-order chi connectivity index (χ0) is 22.5. The Morgan fingerprint density at radius 2 is 2.16 bits per heavy atom. The second kappa shape index (κ2) is 10.5. The van der Waals surface area contributed by atoms with E-state index in [9.17, 15) is 4.79 Å². The van der Waals surface area contributed by atoms with E-state index in [0.717, 1.165) is 62.4 Å². The molecule has 0 radical (unpaired) electrons. The van der Waals surface area contributed by atoms with Crippen molar-refractivity contribution >= 4 is 34.2 Å². The Morgan fingerprint density at radius 1 is 1.34 bits per heavy atom. The van der Waals surface area contributed by atoms with Crippen molar-refractivity contribution in [2.24, 2.45) is 5.92 Å². The Morgan fingerprint density at radius 3 is 2.88 bits per heavy atom. The molecule has 3 heterocycles. The number of fused-ring (bicyclic) bond motifs is 1. The highest BCUT2D eigenvalue weighted by atomic mass is 32.1. The first-order valence-electron chi connectivity index (χ1n) is 11.8. The second-order valence-electron chi connectivity index (χ2n) is 8.94. The first-order valence-corrected chi connectivity index (χ1v) is 12.7. The lowest BCUT2D eigenvalue weighted by molar-refractivity contribution is -0.125. The van der Waals surface area contributed by atoms with Crippen molar-refractivity contribution in [1.29, 1.82) is 0 Å². The van der Waals surface area contributed by atoms with Crippen LogP contribution in [0.4, 0.5) is 5.95 Å². The summed E-state index contributed by atoms with van der Waals surface area (Å²) in [4.78, 5) is 27.1. The van der Waals surface area contributed by atoms with Gasteiger partial charge in [-0.2, -0.15) is 0 Å². The Bertz CT molecular complexity index is 1010. The van der Waals surface area contributed by atoms with Gasteiger partial charge in [0.15, 0.2) is 0 Å². The molecule has 7 heteroatoms. The van der Waals surface area contributed by atoms with E-state index in [1.165, 1.54) is 10.4 Å². The van der Waals surface area contributed by atoms with Crippen LogP contribution >= 0.6 is 11.3 Å². The summed E-state index contributed by atoms with van der Waals surface area (Å²) in [7, 11) is 0. The quantitative estimate of drug-likeness (QED) is 0.498.